The van der Waals surface area contributed by atoms with E-state index < -0.39 is 0 Å². The van der Waals surface area contributed by atoms with Gasteiger partial charge in [0.2, 0.25) is 0 Å². The van der Waals surface area contributed by atoms with Crippen LogP contribution in [0, 0.1) is 0 Å². The lowest BCUT2D eigenvalue weighted by Crippen LogP contribution is -2.07. The van der Waals surface area contributed by atoms with Crippen molar-refractivity contribution < 1.29 is 9.59 Å². The Hall–Kier alpha value is -2.94. The van der Waals surface area contributed by atoms with Crippen LogP contribution in [-0.2, 0) is 0 Å². The molecule has 0 atom stereocenters. The molecule has 0 heterocycles. The quantitative estimate of drug-likeness (QED) is 0.639. The van der Waals surface area contributed by atoms with Gasteiger partial charge in [0.05, 0.1) is 5.57 Å². The Morgan fingerprint density at radius 3 is 1.95 bits per heavy atom. The van der Waals surface area contributed by atoms with Gasteiger partial charge in [0, 0.05) is 30.1 Å². The number of carbonyl (C=O) groups is 2. The highest BCUT2D eigenvalue weighted by atomic mass is 16.2. The first-order valence-electron chi connectivity index (χ1n) is 7.03. The lowest BCUT2D eigenvalue weighted by molar-refractivity contribution is 0.0989. The molecule has 3 nitrogen and oxygen atoms in total. The molecule has 0 amide bonds. The summed E-state index contributed by atoms with van der Waals surface area (Å²) < 4.78 is 0. The van der Waals surface area contributed by atoms with Crippen LogP contribution in [0.2, 0.25) is 0 Å². The third-order valence-corrected chi connectivity index (χ3v) is 3.64. The van der Waals surface area contributed by atoms with E-state index in [0.717, 1.165) is 5.69 Å². The third-order valence-electron chi connectivity index (χ3n) is 3.64. The zero-order valence-corrected chi connectivity index (χ0v) is 12.2. The van der Waals surface area contributed by atoms with E-state index in [1.807, 2.05) is 48.5 Å². The van der Waals surface area contributed by atoms with Crippen LogP contribution in [0.5, 0.6) is 0 Å². The van der Waals surface area contributed by atoms with Crippen LogP contribution in [0.25, 0.3) is 0 Å². The summed E-state index contributed by atoms with van der Waals surface area (Å²) in [5.74, 6) is -0.403. The SMILES string of the molecule is CN(C=CC=C1C(=O)c2ccccc2C1=O)c1ccccc1. The van der Waals surface area contributed by atoms with E-state index in [4.69, 9.17) is 0 Å². The van der Waals surface area contributed by atoms with Crippen LogP contribution in [0.1, 0.15) is 20.7 Å². The molecule has 0 fully saturated rings. The maximum absolute atomic E-state index is 12.2. The van der Waals surface area contributed by atoms with Crippen molar-refractivity contribution in [3.8, 4) is 0 Å². The smallest absolute Gasteiger partial charge is 0.197 e. The fraction of sp³-hybridized carbons (Fsp3) is 0.0526. The minimum Gasteiger partial charge on any atom is -0.351 e. The number of nitrogens with zero attached hydrogens (tertiary/aromatic N) is 1. The van der Waals surface area contributed by atoms with Crippen LogP contribution < -0.4 is 4.90 Å². The monoisotopic (exact) mass is 289 g/mol. The molecular weight excluding hydrogens is 274 g/mol. The molecule has 0 N–H and O–H groups in total. The molecule has 0 aliphatic heterocycles. The minimum atomic E-state index is -0.201. The first kappa shape index (κ1) is 14.0. The van der Waals surface area contributed by atoms with E-state index >= 15 is 0 Å². The number of rotatable bonds is 3. The molecule has 2 aromatic rings. The Kier molecular flexibility index (Phi) is 3.71. The van der Waals surface area contributed by atoms with Crippen molar-refractivity contribution in [3.05, 3.63) is 89.6 Å². The van der Waals surface area contributed by atoms with Crippen molar-refractivity contribution in [1.82, 2.24) is 0 Å². The number of para-hydroxylation sites is 1. The first-order chi connectivity index (χ1) is 10.7. The summed E-state index contributed by atoms with van der Waals surface area (Å²) in [7, 11) is 1.91. The molecule has 0 saturated carbocycles. The molecule has 0 spiro atoms. The zero-order valence-electron chi connectivity index (χ0n) is 12.2. The van der Waals surface area contributed by atoms with Crippen molar-refractivity contribution in [3.63, 3.8) is 0 Å². The fourth-order valence-electron chi connectivity index (χ4n) is 2.44. The molecule has 3 heteroatoms. The Balaban J connectivity index is 1.81. The Bertz CT molecular complexity index is 751. The highest BCUT2D eigenvalue weighted by Crippen LogP contribution is 2.26. The predicted molar refractivity (Wildman–Crippen MR) is 87.2 cm³/mol. The van der Waals surface area contributed by atoms with E-state index in [0.29, 0.717) is 11.1 Å². The number of hydrogen-bond donors (Lipinski definition) is 0. The summed E-state index contributed by atoms with van der Waals surface area (Å²) in [6.07, 6.45) is 5.14. The molecule has 1 aliphatic rings. The van der Waals surface area contributed by atoms with Gasteiger partial charge in [-0.1, -0.05) is 42.5 Å². The number of ketones is 2. The largest absolute Gasteiger partial charge is 0.351 e. The normalized spacial score (nSPS) is 13.6. The summed E-state index contributed by atoms with van der Waals surface area (Å²) in [6, 6.07) is 16.8. The molecule has 0 aromatic heterocycles. The summed E-state index contributed by atoms with van der Waals surface area (Å²) in [6.45, 7) is 0. The molecule has 3 rings (SSSR count). The van der Waals surface area contributed by atoms with Crippen molar-refractivity contribution >= 4 is 17.3 Å². The van der Waals surface area contributed by atoms with Gasteiger partial charge in [-0.05, 0) is 24.3 Å². The van der Waals surface area contributed by atoms with E-state index in [2.05, 4.69) is 0 Å². The highest BCUT2D eigenvalue weighted by Gasteiger charge is 2.31. The predicted octanol–water partition coefficient (Wildman–Crippen LogP) is 3.64. The number of hydrogen-bond acceptors (Lipinski definition) is 3. The lowest BCUT2D eigenvalue weighted by atomic mass is 10.1. The average molecular weight is 289 g/mol. The van der Waals surface area contributed by atoms with Crippen molar-refractivity contribution in [1.29, 1.82) is 0 Å². The number of allylic oxidation sites excluding steroid dienone is 3. The number of Topliss-reactive ketones (excluding diaryl/α,β-unsaturated/α-hetero) is 2. The van der Waals surface area contributed by atoms with E-state index in [1.54, 1.807) is 36.4 Å². The van der Waals surface area contributed by atoms with Gasteiger partial charge in [0.15, 0.2) is 11.6 Å². The van der Waals surface area contributed by atoms with E-state index in [1.165, 1.54) is 0 Å². The van der Waals surface area contributed by atoms with Crippen LogP contribution in [-0.4, -0.2) is 18.6 Å². The number of fused-ring (bicyclic) bond motifs is 1. The second kappa shape index (κ2) is 5.82. The summed E-state index contributed by atoms with van der Waals surface area (Å²) in [4.78, 5) is 26.4. The molecule has 0 saturated heterocycles. The van der Waals surface area contributed by atoms with E-state index in [9.17, 15) is 9.59 Å². The van der Waals surface area contributed by atoms with Gasteiger partial charge in [0.1, 0.15) is 0 Å². The highest BCUT2D eigenvalue weighted by molar-refractivity contribution is 6.39. The lowest BCUT2D eigenvalue weighted by Gasteiger charge is -2.12. The molecule has 0 bridgehead atoms. The second-order valence-corrected chi connectivity index (χ2v) is 5.07. The van der Waals surface area contributed by atoms with Gasteiger partial charge in [-0.25, -0.2) is 0 Å². The van der Waals surface area contributed by atoms with Gasteiger partial charge in [-0.2, -0.15) is 0 Å². The second-order valence-electron chi connectivity index (χ2n) is 5.07. The maximum atomic E-state index is 12.2. The van der Waals surface area contributed by atoms with Gasteiger partial charge in [-0.3, -0.25) is 9.59 Å². The number of carbonyl (C=O) groups excluding carboxylic acids is 2. The Morgan fingerprint density at radius 1 is 0.818 bits per heavy atom. The summed E-state index contributed by atoms with van der Waals surface area (Å²) in [5.41, 5.74) is 2.23. The third kappa shape index (κ3) is 2.49. The molecule has 0 unspecified atom stereocenters. The Morgan fingerprint density at radius 2 is 1.36 bits per heavy atom. The van der Waals surface area contributed by atoms with Crippen LogP contribution in [0.15, 0.2) is 78.5 Å². The van der Waals surface area contributed by atoms with Crippen LogP contribution >= 0.6 is 0 Å². The van der Waals surface area contributed by atoms with Crippen LogP contribution in [0.4, 0.5) is 5.69 Å². The summed E-state index contributed by atoms with van der Waals surface area (Å²) in [5, 5.41) is 0. The maximum Gasteiger partial charge on any atom is 0.197 e. The molecular formula is C19H15NO2. The molecule has 1 aliphatic carbocycles. The van der Waals surface area contributed by atoms with Gasteiger partial charge in [0.25, 0.3) is 0 Å². The van der Waals surface area contributed by atoms with Gasteiger partial charge in [-0.15, -0.1) is 0 Å². The van der Waals surface area contributed by atoms with E-state index in [-0.39, 0.29) is 17.1 Å². The molecule has 108 valence electrons. The standard InChI is InChI=1S/C19H15NO2/c1-20(14-8-3-2-4-9-14)13-7-12-17-18(21)15-10-5-6-11-16(15)19(17)22/h2-13H,1H3. The average Bonchev–Trinajstić information content (AvgIpc) is 2.81. The molecule has 0 radical (unpaired) electrons. The van der Waals surface area contributed by atoms with Gasteiger partial charge < -0.3 is 4.90 Å². The topological polar surface area (TPSA) is 37.4 Å². The zero-order chi connectivity index (χ0) is 15.5. The Labute approximate surface area is 129 Å². The number of benzene rings is 2. The van der Waals surface area contributed by atoms with Gasteiger partial charge >= 0.3 is 0 Å². The first-order valence-corrected chi connectivity index (χ1v) is 7.03. The molecule has 22 heavy (non-hydrogen) atoms. The van der Waals surface area contributed by atoms with Crippen molar-refractivity contribution in [2.45, 2.75) is 0 Å². The van der Waals surface area contributed by atoms with Crippen molar-refractivity contribution in [2.75, 3.05) is 11.9 Å². The van der Waals surface area contributed by atoms with Crippen molar-refractivity contribution in [2.24, 2.45) is 0 Å². The number of anilines is 1. The summed E-state index contributed by atoms with van der Waals surface area (Å²) >= 11 is 0. The van der Waals surface area contributed by atoms with Crippen LogP contribution in [0.3, 0.4) is 0 Å². The molecule has 2 aromatic carbocycles. The fourth-order valence-corrected chi connectivity index (χ4v) is 2.44. The minimum absolute atomic E-state index is 0.201.